The van der Waals surface area contributed by atoms with E-state index >= 15 is 0 Å². The number of ketones is 1. The normalized spacial score (nSPS) is 15.9. The molecule has 0 fully saturated rings. The Kier molecular flexibility index (Phi) is 3.39. The topological polar surface area (TPSA) is 20.3 Å². The molecule has 0 atom stereocenters. The molecular weight excluding hydrogens is 198 g/mol. The Balaban J connectivity index is 2.18. The van der Waals surface area contributed by atoms with Crippen LogP contribution in [-0.2, 0) is 24.2 Å². The van der Waals surface area contributed by atoms with Gasteiger partial charge in [-0.25, -0.2) is 0 Å². The van der Waals surface area contributed by atoms with Gasteiger partial charge in [0.05, 0.1) is 0 Å². The predicted molar refractivity (Wildman–Crippen MR) is 65.5 cm³/mol. The van der Waals surface area contributed by atoms with Crippen molar-refractivity contribution in [3.05, 3.63) is 34.9 Å². The van der Waals surface area contributed by atoms with E-state index in [0.717, 1.165) is 31.6 Å². The summed E-state index contributed by atoms with van der Waals surface area (Å²) >= 11 is 0. The maximum absolute atomic E-state index is 11.1. The van der Waals surface area contributed by atoms with Crippen LogP contribution in [-0.4, -0.2) is 23.8 Å². The Bertz CT molecular complexity index is 398. The molecule has 0 aliphatic carbocycles. The molecule has 1 aromatic carbocycles. The van der Waals surface area contributed by atoms with E-state index in [4.69, 9.17) is 0 Å². The molecule has 0 saturated heterocycles. The SMILES string of the molecule is CCN1CCc2cc(CC(C)=O)ccc2C1. The minimum absolute atomic E-state index is 0.242. The van der Waals surface area contributed by atoms with Gasteiger partial charge >= 0.3 is 0 Å². The fraction of sp³-hybridized carbons (Fsp3) is 0.500. The molecule has 1 aromatic rings. The largest absolute Gasteiger partial charge is 0.300 e. The number of carbonyl (C=O) groups is 1. The number of likely N-dealkylation sites (N-methyl/N-ethyl adjacent to an activating group) is 1. The zero-order chi connectivity index (χ0) is 11.5. The second-order valence-corrected chi connectivity index (χ2v) is 4.60. The maximum Gasteiger partial charge on any atom is 0.134 e. The average Bonchev–Trinajstić information content (AvgIpc) is 2.27. The van der Waals surface area contributed by atoms with Crippen LogP contribution < -0.4 is 0 Å². The first kappa shape index (κ1) is 11.3. The van der Waals surface area contributed by atoms with E-state index in [1.165, 1.54) is 11.1 Å². The molecule has 0 bridgehead atoms. The molecule has 0 radical (unpaired) electrons. The monoisotopic (exact) mass is 217 g/mol. The van der Waals surface area contributed by atoms with Crippen molar-refractivity contribution in [1.82, 2.24) is 4.90 Å². The van der Waals surface area contributed by atoms with Gasteiger partial charge in [0.15, 0.2) is 0 Å². The van der Waals surface area contributed by atoms with Gasteiger partial charge in [0.25, 0.3) is 0 Å². The standard InChI is InChI=1S/C14H19NO/c1-3-15-7-6-13-9-12(8-11(2)16)4-5-14(13)10-15/h4-5,9H,3,6-8,10H2,1-2H3. The van der Waals surface area contributed by atoms with Gasteiger partial charge in [0.1, 0.15) is 5.78 Å². The molecule has 0 aromatic heterocycles. The lowest BCUT2D eigenvalue weighted by Gasteiger charge is -2.27. The minimum Gasteiger partial charge on any atom is -0.300 e. The minimum atomic E-state index is 0.242. The molecular formula is C14H19NO. The predicted octanol–water partition coefficient (Wildman–Crippen LogP) is 2.20. The summed E-state index contributed by atoms with van der Waals surface area (Å²) in [4.78, 5) is 13.5. The molecule has 1 aliphatic heterocycles. The Hall–Kier alpha value is -1.15. The lowest BCUT2D eigenvalue weighted by molar-refractivity contribution is -0.116. The van der Waals surface area contributed by atoms with Crippen LogP contribution in [0, 0.1) is 0 Å². The van der Waals surface area contributed by atoms with E-state index in [9.17, 15) is 4.79 Å². The summed E-state index contributed by atoms with van der Waals surface area (Å²) < 4.78 is 0. The van der Waals surface area contributed by atoms with Crippen molar-refractivity contribution in [3.8, 4) is 0 Å². The molecule has 2 rings (SSSR count). The summed E-state index contributed by atoms with van der Waals surface area (Å²) in [5.41, 5.74) is 4.03. The van der Waals surface area contributed by atoms with E-state index in [1.807, 2.05) is 0 Å². The second-order valence-electron chi connectivity index (χ2n) is 4.60. The van der Waals surface area contributed by atoms with Crippen molar-refractivity contribution < 1.29 is 4.79 Å². The molecule has 16 heavy (non-hydrogen) atoms. The van der Waals surface area contributed by atoms with Crippen LogP contribution in [0.25, 0.3) is 0 Å². The number of fused-ring (bicyclic) bond motifs is 1. The number of benzene rings is 1. The van der Waals surface area contributed by atoms with Crippen LogP contribution in [0.2, 0.25) is 0 Å². The lowest BCUT2D eigenvalue weighted by atomic mass is 9.96. The van der Waals surface area contributed by atoms with E-state index in [0.29, 0.717) is 6.42 Å². The molecule has 86 valence electrons. The van der Waals surface area contributed by atoms with Gasteiger partial charge in [-0.15, -0.1) is 0 Å². The molecule has 0 unspecified atom stereocenters. The molecule has 0 N–H and O–H groups in total. The van der Waals surface area contributed by atoms with E-state index in [2.05, 4.69) is 30.0 Å². The summed E-state index contributed by atoms with van der Waals surface area (Å²) in [5.74, 6) is 0.242. The summed E-state index contributed by atoms with van der Waals surface area (Å²) in [5, 5.41) is 0. The van der Waals surface area contributed by atoms with Crippen LogP contribution in [0.4, 0.5) is 0 Å². The summed E-state index contributed by atoms with van der Waals surface area (Å²) in [6.07, 6.45) is 1.69. The molecule has 2 nitrogen and oxygen atoms in total. The molecule has 1 aliphatic rings. The molecule has 0 saturated carbocycles. The summed E-state index contributed by atoms with van der Waals surface area (Å²) in [6, 6.07) is 6.50. The zero-order valence-electron chi connectivity index (χ0n) is 10.1. The Labute approximate surface area is 97.3 Å². The average molecular weight is 217 g/mol. The molecule has 2 heteroatoms. The van der Waals surface area contributed by atoms with Crippen LogP contribution >= 0.6 is 0 Å². The number of hydrogen-bond donors (Lipinski definition) is 0. The number of hydrogen-bond acceptors (Lipinski definition) is 2. The number of Topliss-reactive ketones (excluding diaryl/α,β-unsaturated/α-hetero) is 1. The van der Waals surface area contributed by atoms with Crippen molar-refractivity contribution in [1.29, 1.82) is 0 Å². The van der Waals surface area contributed by atoms with Gasteiger partial charge < -0.3 is 0 Å². The van der Waals surface area contributed by atoms with Gasteiger partial charge in [-0.3, -0.25) is 9.69 Å². The fourth-order valence-corrected chi connectivity index (χ4v) is 2.33. The first-order valence-corrected chi connectivity index (χ1v) is 6.01. The summed E-state index contributed by atoms with van der Waals surface area (Å²) in [6.45, 7) is 7.18. The van der Waals surface area contributed by atoms with Crippen molar-refractivity contribution >= 4 is 5.78 Å². The Morgan fingerprint density at radius 3 is 2.88 bits per heavy atom. The van der Waals surface area contributed by atoms with Crippen molar-refractivity contribution in [2.45, 2.75) is 33.2 Å². The highest BCUT2D eigenvalue weighted by Crippen LogP contribution is 2.20. The smallest absolute Gasteiger partial charge is 0.134 e. The molecule has 0 amide bonds. The lowest BCUT2D eigenvalue weighted by Crippen LogP contribution is -2.30. The highest BCUT2D eigenvalue weighted by atomic mass is 16.1. The van der Waals surface area contributed by atoms with Crippen LogP contribution in [0.3, 0.4) is 0 Å². The fourth-order valence-electron chi connectivity index (χ4n) is 2.33. The first-order chi connectivity index (χ1) is 7.69. The summed E-state index contributed by atoms with van der Waals surface area (Å²) in [7, 11) is 0. The number of nitrogens with zero attached hydrogens (tertiary/aromatic N) is 1. The molecule has 0 spiro atoms. The second kappa shape index (κ2) is 4.79. The van der Waals surface area contributed by atoms with Gasteiger partial charge in [-0.2, -0.15) is 0 Å². The molecule has 1 heterocycles. The Morgan fingerprint density at radius 1 is 1.38 bits per heavy atom. The van der Waals surface area contributed by atoms with Crippen LogP contribution in [0.1, 0.15) is 30.5 Å². The van der Waals surface area contributed by atoms with Crippen molar-refractivity contribution in [2.24, 2.45) is 0 Å². The third kappa shape index (κ3) is 2.50. The zero-order valence-corrected chi connectivity index (χ0v) is 10.1. The van der Waals surface area contributed by atoms with Gasteiger partial charge in [-0.05, 0) is 36.6 Å². The quantitative estimate of drug-likeness (QED) is 0.773. The number of carbonyl (C=O) groups excluding carboxylic acids is 1. The highest BCUT2D eigenvalue weighted by Gasteiger charge is 2.14. The van der Waals surface area contributed by atoms with Gasteiger partial charge in [0, 0.05) is 19.5 Å². The van der Waals surface area contributed by atoms with E-state index in [1.54, 1.807) is 6.92 Å². The first-order valence-electron chi connectivity index (χ1n) is 6.01. The van der Waals surface area contributed by atoms with Crippen molar-refractivity contribution in [2.75, 3.05) is 13.1 Å². The maximum atomic E-state index is 11.1. The van der Waals surface area contributed by atoms with Crippen LogP contribution in [0.5, 0.6) is 0 Å². The van der Waals surface area contributed by atoms with Crippen molar-refractivity contribution in [3.63, 3.8) is 0 Å². The van der Waals surface area contributed by atoms with Crippen LogP contribution in [0.15, 0.2) is 18.2 Å². The highest BCUT2D eigenvalue weighted by molar-refractivity contribution is 5.78. The van der Waals surface area contributed by atoms with E-state index < -0.39 is 0 Å². The van der Waals surface area contributed by atoms with Gasteiger partial charge in [-0.1, -0.05) is 25.1 Å². The van der Waals surface area contributed by atoms with E-state index in [-0.39, 0.29) is 5.78 Å². The number of rotatable bonds is 3. The van der Waals surface area contributed by atoms with Gasteiger partial charge in [0.2, 0.25) is 0 Å². The Morgan fingerprint density at radius 2 is 2.19 bits per heavy atom. The third-order valence-electron chi connectivity index (χ3n) is 3.26. The third-order valence-corrected chi connectivity index (χ3v) is 3.26.